The molecule has 196 valence electrons. The summed E-state index contributed by atoms with van der Waals surface area (Å²) in [5, 5.41) is 2.70. The number of carbonyl (C=O) groups excluding carboxylic acids is 2. The van der Waals surface area contributed by atoms with E-state index in [-0.39, 0.29) is 22.4 Å². The molecule has 0 aliphatic carbocycles. The van der Waals surface area contributed by atoms with Crippen molar-refractivity contribution in [2.45, 2.75) is 39.0 Å². The molecule has 9 heteroatoms. The number of nitrogens with one attached hydrogen (secondary N) is 1. The van der Waals surface area contributed by atoms with Gasteiger partial charge in [-0.1, -0.05) is 68.2 Å². The highest BCUT2D eigenvalue weighted by Gasteiger charge is 2.26. The topological polar surface area (TPSA) is 73.9 Å². The molecule has 0 radical (unpaired) electrons. The molecule has 0 saturated carbocycles. The van der Waals surface area contributed by atoms with Gasteiger partial charge in [0.15, 0.2) is 0 Å². The van der Waals surface area contributed by atoms with E-state index in [9.17, 15) is 9.59 Å². The van der Waals surface area contributed by atoms with Crippen molar-refractivity contribution in [2.75, 3.05) is 27.1 Å². The van der Waals surface area contributed by atoms with Gasteiger partial charge in [-0.25, -0.2) is 4.79 Å². The van der Waals surface area contributed by atoms with Gasteiger partial charge in [-0.2, -0.15) is 11.8 Å². The average Bonchev–Trinajstić information content (AvgIpc) is 2.85. The van der Waals surface area contributed by atoms with Crippen molar-refractivity contribution in [3.63, 3.8) is 0 Å². The summed E-state index contributed by atoms with van der Waals surface area (Å²) in [6.45, 7) is 5.71. The van der Waals surface area contributed by atoms with Gasteiger partial charge in [-0.3, -0.25) is 4.79 Å². The molecule has 36 heavy (non-hydrogen) atoms. The normalized spacial score (nSPS) is 11.6. The minimum atomic E-state index is -0.908. The van der Waals surface area contributed by atoms with E-state index in [0.717, 1.165) is 45.3 Å². The number of rotatable bonds is 12. The van der Waals surface area contributed by atoms with E-state index in [2.05, 4.69) is 12.2 Å². The lowest BCUT2D eigenvalue weighted by molar-refractivity contribution is -0.144. The summed E-state index contributed by atoms with van der Waals surface area (Å²) < 4.78 is 16.2. The summed E-state index contributed by atoms with van der Waals surface area (Å²) in [6.07, 6.45) is 0.228. The van der Waals surface area contributed by atoms with E-state index in [1.165, 1.54) is 7.11 Å². The van der Waals surface area contributed by atoms with Crippen molar-refractivity contribution in [1.29, 1.82) is 0 Å². The number of esters is 1. The van der Waals surface area contributed by atoms with Crippen molar-refractivity contribution in [3.8, 4) is 22.6 Å². The van der Waals surface area contributed by atoms with Gasteiger partial charge >= 0.3 is 5.97 Å². The van der Waals surface area contributed by atoms with Crippen molar-refractivity contribution in [1.82, 2.24) is 5.32 Å². The maximum atomic E-state index is 12.7. The van der Waals surface area contributed by atoms with Gasteiger partial charge < -0.3 is 19.5 Å². The van der Waals surface area contributed by atoms with Crippen LogP contribution in [0.15, 0.2) is 46.5 Å². The smallest absolute Gasteiger partial charge is 0.328 e. The molecule has 0 aromatic heterocycles. The van der Waals surface area contributed by atoms with Crippen LogP contribution in [0.1, 0.15) is 31.9 Å². The Morgan fingerprint density at radius 3 is 2.00 bits per heavy atom. The molecule has 1 amide bonds. The fourth-order valence-corrected chi connectivity index (χ4v) is 4.95. The molecule has 2 aromatic rings. The number of halogens is 2. The van der Waals surface area contributed by atoms with Crippen LogP contribution >= 0.6 is 35.0 Å². The largest absolute Gasteiger partial charge is 0.496 e. The quantitative estimate of drug-likeness (QED) is 0.250. The molecule has 0 fully saturated rings. The lowest BCUT2D eigenvalue weighted by atomic mass is 9.97. The summed E-state index contributed by atoms with van der Waals surface area (Å²) in [5.41, 5.74) is 3.91. The maximum Gasteiger partial charge on any atom is 0.328 e. The van der Waals surface area contributed by atoms with Gasteiger partial charge in [0, 0.05) is 17.7 Å². The second-order valence-electron chi connectivity index (χ2n) is 8.29. The Morgan fingerprint density at radius 2 is 1.56 bits per heavy atom. The molecule has 2 rings (SSSR count). The fraction of sp³-hybridized carbons (Fsp3) is 0.407. The van der Waals surface area contributed by atoms with Crippen LogP contribution in [0.3, 0.4) is 0 Å². The SMILES string of the molecule is CCSCc1cc(OC)c(-c2ccc(C[C@H](NC(=O)C(=C(Cl)Cl)C(C)C)C(=O)OC)cc2)c(OC)c1. The van der Waals surface area contributed by atoms with Crippen LogP contribution in [0.2, 0.25) is 0 Å². The first kappa shape index (κ1) is 29.9. The minimum Gasteiger partial charge on any atom is -0.496 e. The molecule has 6 nitrogen and oxygen atoms in total. The van der Waals surface area contributed by atoms with Crippen molar-refractivity contribution < 1.29 is 23.8 Å². The fourth-order valence-electron chi connectivity index (χ4n) is 3.73. The number of amides is 1. The highest BCUT2D eigenvalue weighted by molar-refractivity contribution is 7.98. The monoisotopic (exact) mass is 553 g/mol. The van der Waals surface area contributed by atoms with E-state index < -0.39 is 17.9 Å². The van der Waals surface area contributed by atoms with E-state index in [1.807, 2.05) is 48.2 Å². The number of hydrogen-bond donors (Lipinski definition) is 1. The molecule has 0 bridgehead atoms. The highest BCUT2D eigenvalue weighted by atomic mass is 35.5. The number of benzene rings is 2. The molecule has 0 aliphatic rings. The van der Waals surface area contributed by atoms with Crippen LogP contribution in [-0.2, 0) is 26.5 Å². The summed E-state index contributed by atoms with van der Waals surface area (Å²) >= 11 is 13.6. The molecule has 1 atom stereocenters. The van der Waals surface area contributed by atoms with Crippen LogP contribution in [-0.4, -0.2) is 45.0 Å². The summed E-state index contributed by atoms with van der Waals surface area (Å²) in [5.74, 6) is 2.04. The third-order valence-corrected chi connectivity index (χ3v) is 6.89. The zero-order chi connectivity index (χ0) is 26.8. The van der Waals surface area contributed by atoms with E-state index in [1.54, 1.807) is 28.1 Å². The molecule has 0 aliphatic heterocycles. The van der Waals surface area contributed by atoms with Crippen LogP contribution < -0.4 is 14.8 Å². The summed E-state index contributed by atoms with van der Waals surface area (Å²) in [4.78, 5) is 25.2. The minimum absolute atomic E-state index is 0.127. The number of hydrogen-bond acceptors (Lipinski definition) is 6. The predicted molar refractivity (Wildman–Crippen MR) is 148 cm³/mol. The van der Waals surface area contributed by atoms with Crippen LogP contribution in [0.4, 0.5) is 0 Å². The highest BCUT2D eigenvalue weighted by Crippen LogP contribution is 2.40. The summed E-state index contributed by atoms with van der Waals surface area (Å²) in [6, 6.07) is 10.8. The van der Waals surface area contributed by atoms with Crippen molar-refractivity contribution in [2.24, 2.45) is 5.92 Å². The van der Waals surface area contributed by atoms with Gasteiger partial charge in [0.05, 0.1) is 26.9 Å². The van der Waals surface area contributed by atoms with Gasteiger partial charge in [0.2, 0.25) is 0 Å². The van der Waals surface area contributed by atoms with Gasteiger partial charge in [-0.15, -0.1) is 0 Å². The summed E-state index contributed by atoms with van der Waals surface area (Å²) in [7, 11) is 4.56. The molecular formula is C27H33Cl2NO5S. The maximum absolute atomic E-state index is 12.7. The van der Waals surface area contributed by atoms with Crippen LogP contribution in [0.5, 0.6) is 11.5 Å². The first-order valence-electron chi connectivity index (χ1n) is 11.5. The number of methoxy groups -OCH3 is 3. The Bertz CT molecular complexity index is 1060. The first-order chi connectivity index (χ1) is 17.2. The van der Waals surface area contributed by atoms with E-state index in [4.69, 9.17) is 37.4 Å². The Balaban J connectivity index is 2.33. The molecule has 0 unspecified atom stereocenters. The third kappa shape index (κ3) is 7.82. The van der Waals surface area contributed by atoms with E-state index >= 15 is 0 Å². The zero-order valence-corrected chi connectivity index (χ0v) is 23.8. The van der Waals surface area contributed by atoms with Gasteiger partial charge in [0.1, 0.15) is 22.0 Å². The number of carbonyl (C=O) groups is 2. The second-order valence-corrected chi connectivity index (χ2v) is 10.5. The lowest BCUT2D eigenvalue weighted by Gasteiger charge is -2.20. The Hall–Kier alpha value is -2.35. The van der Waals surface area contributed by atoms with Gasteiger partial charge in [-0.05, 0) is 40.5 Å². The Morgan fingerprint density at radius 1 is 0.972 bits per heavy atom. The molecule has 0 saturated heterocycles. The molecule has 0 heterocycles. The molecular weight excluding hydrogens is 521 g/mol. The first-order valence-corrected chi connectivity index (χ1v) is 13.4. The standard InChI is InChI=1S/C27H33Cl2NO5S/c1-7-36-15-18-13-21(33-4)24(22(14-18)34-5)19-10-8-17(9-11-19)12-20(27(32)35-6)30-26(31)23(16(2)3)25(28)29/h8-11,13-14,16,20H,7,12,15H2,1-6H3,(H,30,31)/t20-/m0/s1. The average molecular weight is 555 g/mol. The van der Waals surface area contributed by atoms with Crippen molar-refractivity contribution >= 4 is 46.8 Å². The Kier molecular flexibility index (Phi) is 12.0. The number of ether oxygens (including phenoxy) is 3. The zero-order valence-electron chi connectivity index (χ0n) is 21.4. The van der Waals surface area contributed by atoms with Crippen LogP contribution in [0.25, 0.3) is 11.1 Å². The van der Waals surface area contributed by atoms with Crippen LogP contribution in [0, 0.1) is 5.92 Å². The third-order valence-electron chi connectivity index (χ3n) is 5.54. The van der Waals surface area contributed by atoms with Gasteiger partial charge in [0.25, 0.3) is 5.91 Å². The second kappa shape index (κ2) is 14.4. The number of thioether (sulfide) groups is 1. The lowest BCUT2D eigenvalue weighted by Crippen LogP contribution is -2.44. The molecule has 1 N–H and O–H groups in total. The molecule has 0 spiro atoms. The van der Waals surface area contributed by atoms with E-state index in [0.29, 0.717) is 0 Å². The predicted octanol–water partition coefficient (Wildman–Crippen LogP) is 6.17. The molecule has 2 aromatic carbocycles. The Labute approximate surface area is 227 Å². The van der Waals surface area contributed by atoms with Crippen molar-refractivity contribution in [3.05, 3.63) is 57.6 Å².